The lowest BCUT2D eigenvalue weighted by molar-refractivity contribution is -0.131. The normalized spacial score (nSPS) is 17.2. The monoisotopic (exact) mass is 417 g/mol. The van der Waals surface area contributed by atoms with E-state index in [9.17, 15) is 14.7 Å². The second kappa shape index (κ2) is 9.73. The molecule has 2 amide bonds. The number of hydrogen-bond donors (Lipinski definition) is 1. The van der Waals surface area contributed by atoms with E-state index >= 15 is 0 Å². The minimum atomic E-state index is -0.864. The van der Waals surface area contributed by atoms with Crippen molar-refractivity contribution in [2.24, 2.45) is 0 Å². The molecular formula is C21H27N3O6. The van der Waals surface area contributed by atoms with Crippen molar-refractivity contribution in [1.29, 1.82) is 0 Å². The van der Waals surface area contributed by atoms with E-state index in [2.05, 4.69) is 5.16 Å². The first-order valence-corrected chi connectivity index (χ1v) is 9.77. The van der Waals surface area contributed by atoms with Gasteiger partial charge in [-0.1, -0.05) is 17.3 Å². The molecule has 0 radical (unpaired) electrons. The second-order valence-corrected chi connectivity index (χ2v) is 7.34. The van der Waals surface area contributed by atoms with E-state index in [4.69, 9.17) is 14.0 Å². The maximum absolute atomic E-state index is 13.1. The maximum atomic E-state index is 13.1. The molecule has 0 saturated carbocycles. The number of aliphatic hydroxyl groups excluding tert-OH is 1. The molecule has 162 valence electrons. The van der Waals surface area contributed by atoms with Gasteiger partial charge in [0.05, 0.1) is 18.3 Å². The van der Waals surface area contributed by atoms with Crippen LogP contribution in [0.3, 0.4) is 0 Å². The fraction of sp³-hybridized carbons (Fsp3) is 0.476. The quantitative estimate of drug-likeness (QED) is 0.721. The summed E-state index contributed by atoms with van der Waals surface area (Å²) in [6.07, 6.45) is -0.864. The third kappa shape index (κ3) is 5.17. The Morgan fingerprint density at radius 2 is 2.13 bits per heavy atom. The zero-order valence-corrected chi connectivity index (χ0v) is 17.5. The Hall–Kier alpha value is -2.91. The lowest BCUT2D eigenvalue weighted by atomic mass is 10.1. The fourth-order valence-electron chi connectivity index (χ4n) is 3.31. The number of aromatic nitrogens is 1. The second-order valence-electron chi connectivity index (χ2n) is 7.34. The Balaban J connectivity index is 1.74. The van der Waals surface area contributed by atoms with Gasteiger partial charge >= 0.3 is 0 Å². The molecule has 2 heterocycles. The molecule has 30 heavy (non-hydrogen) atoms. The van der Waals surface area contributed by atoms with Crippen LogP contribution in [0.1, 0.15) is 27.4 Å². The number of carbonyl (C=O) groups is 2. The van der Waals surface area contributed by atoms with Gasteiger partial charge in [0.15, 0.2) is 5.69 Å². The first kappa shape index (κ1) is 21.8. The third-order valence-electron chi connectivity index (χ3n) is 4.95. The highest BCUT2D eigenvalue weighted by atomic mass is 16.5. The number of ether oxygens (including phenoxy) is 2. The van der Waals surface area contributed by atoms with Crippen LogP contribution in [-0.2, 0) is 16.1 Å². The van der Waals surface area contributed by atoms with Gasteiger partial charge in [-0.25, -0.2) is 0 Å². The molecule has 9 heteroatoms. The van der Waals surface area contributed by atoms with Crippen molar-refractivity contribution in [3.8, 4) is 5.75 Å². The van der Waals surface area contributed by atoms with Crippen LogP contribution in [0.25, 0.3) is 0 Å². The number of rotatable bonds is 7. The van der Waals surface area contributed by atoms with Gasteiger partial charge in [0, 0.05) is 26.7 Å². The molecule has 0 spiro atoms. The van der Waals surface area contributed by atoms with Gasteiger partial charge in [0.2, 0.25) is 5.91 Å². The predicted molar refractivity (Wildman–Crippen MR) is 107 cm³/mol. The number of benzene rings is 1. The molecular weight excluding hydrogens is 390 g/mol. The van der Waals surface area contributed by atoms with Crippen LogP contribution < -0.4 is 4.74 Å². The summed E-state index contributed by atoms with van der Waals surface area (Å²) in [5.41, 5.74) is 1.66. The smallest absolute Gasteiger partial charge is 0.277 e. The van der Waals surface area contributed by atoms with E-state index in [0.717, 1.165) is 5.56 Å². The lowest BCUT2D eigenvalue weighted by Gasteiger charge is -2.21. The number of amides is 2. The van der Waals surface area contributed by atoms with E-state index in [1.165, 1.54) is 9.80 Å². The molecule has 9 nitrogen and oxygen atoms in total. The summed E-state index contributed by atoms with van der Waals surface area (Å²) in [5.74, 6) is 0.406. The molecule has 0 bridgehead atoms. The van der Waals surface area contributed by atoms with Gasteiger partial charge < -0.3 is 28.9 Å². The van der Waals surface area contributed by atoms with Crippen molar-refractivity contribution in [2.75, 3.05) is 39.9 Å². The van der Waals surface area contributed by atoms with E-state index in [1.807, 2.05) is 31.2 Å². The molecule has 1 unspecified atom stereocenters. The summed E-state index contributed by atoms with van der Waals surface area (Å²) in [6, 6.07) is 7.57. The van der Waals surface area contributed by atoms with Crippen molar-refractivity contribution >= 4 is 11.8 Å². The van der Waals surface area contributed by atoms with E-state index in [-0.39, 0.29) is 37.8 Å². The molecule has 1 fully saturated rings. The Kier molecular flexibility index (Phi) is 7.07. The first-order chi connectivity index (χ1) is 14.4. The molecule has 1 aliphatic rings. The van der Waals surface area contributed by atoms with Crippen LogP contribution in [0.5, 0.6) is 5.75 Å². The molecule has 3 rings (SSSR count). The SMILES string of the molecule is COCCN1CC(O)CN(C(=O)c2noc(C)c2COc2cccc(C)c2)CC1=O. The summed E-state index contributed by atoms with van der Waals surface area (Å²) in [4.78, 5) is 28.4. The van der Waals surface area contributed by atoms with E-state index in [1.54, 1.807) is 14.0 Å². The van der Waals surface area contributed by atoms with Crippen molar-refractivity contribution in [1.82, 2.24) is 15.0 Å². The summed E-state index contributed by atoms with van der Waals surface area (Å²) >= 11 is 0. The lowest BCUT2D eigenvalue weighted by Crippen LogP contribution is -2.40. The van der Waals surface area contributed by atoms with Crippen LogP contribution >= 0.6 is 0 Å². The summed E-state index contributed by atoms with van der Waals surface area (Å²) in [7, 11) is 1.54. The molecule has 1 aromatic heterocycles. The number of methoxy groups -OCH3 is 1. The number of nitrogens with zero attached hydrogens (tertiary/aromatic N) is 3. The van der Waals surface area contributed by atoms with Gasteiger partial charge in [0.1, 0.15) is 24.7 Å². The Morgan fingerprint density at radius 3 is 2.87 bits per heavy atom. The number of β-amino-alcohol motifs (C(OH)–C–C–N with tert-alkyl or cyclic N) is 1. The number of aliphatic hydroxyl groups is 1. The average Bonchev–Trinajstić information content (AvgIpc) is 3.01. The van der Waals surface area contributed by atoms with Crippen molar-refractivity contribution in [3.63, 3.8) is 0 Å². The fourth-order valence-corrected chi connectivity index (χ4v) is 3.31. The van der Waals surface area contributed by atoms with Gasteiger partial charge in [-0.3, -0.25) is 9.59 Å². The van der Waals surface area contributed by atoms with E-state index < -0.39 is 12.0 Å². The highest BCUT2D eigenvalue weighted by Crippen LogP contribution is 2.21. The molecule has 1 N–H and O–H groups in total. The molecule has 0 aliphatic carbocycles. The highest BCUT2D eigenvalue weighted by Gasteiger charge is 2.32. The van der Waals surface area contributed by atoms with Gasteiger partial charge in [-0.05, 0) is 31.5 Å². The summed E-state index contributed by atoms with van der Waals surface area (Å²) in [6.45, 7) is 4.50. The minimum Gasteiger partial charge on any atom is -0.489 e. The number of aryl methyl sites for hydroxylation is 2. The maximum Gasteiger partial charge on any atom is 0.277 e. The molecule has 2 aromatic rings. The Bertz CT molecular complexity index is 897. The standard InChI is InChI=1S/C21H27N3O6/c1-14-5-4-6-17(9-14)29-13-18-15(2)30-22-20(18)21(27)24-11-16(25)10-23(7-8-28-3)19(26)12-24/h4-6,9,16,25H,7-8,10-13H2,1-3H3. The largest absolute Gasteiger partial charge is 0.489 e. The minimum absolute atomic E-state index is 0.0259. The zero-order chi connectivity index (χ0) is 21.7. The van der Waals surface area contributed by atoms with Crippen molar-refractivity contribution in [3.05, 3.63) is 46.8 Å². The van der Waals surface area contributed by atoms with Gasteiger partial charge in [0.25, 0.3) is 5.91 Å². The number of hydrogen-bond acceptors (Lipinski definition) is 7. The van der Waals surface area contributed by atoms with Gasteiger partial charge in [-0.2, -0.15) is 0 Å². The van der Waals surface area contributed by atoms with Crippen LogP contribution in [0.2, 0.25) is 0 Å². The van der Waals surface area contributed by atoms with Crippen molar-refractivity contribution in [2.45, 2.75) is 26.6 Å². The predicted octanol–water partition coefficient (Wildman–Crippen LogP) is 1.16. The molecule has 1 saturated heterocycles. The molecule has 1 aromatic carbocycles. The average molecular weight is 417 g/mol. The van der Waals surface area contributed by atoms with E-state index in [0.29, 0.717) is 30.2 Å². The zero-order valence-electron chi connectivity index (χ0n) is 17.5. The Labute approximate surface area is 175 Å². The first-order valence-electron chi connectivity index (χ1n) is 9.77. The summed E-state index contributed by atoms with van der Waals surface area (Å²) in [5, 5.41) is 14.2. The molecule has 1 atom stereocenters. The topological polar surface area (TPSA) is 105 Å². The van der Waals surface area contributed by atoms with Crippen LogP contribution in [0, 0.1) is 13.8 Å². The summed E-state index contributed by atoms with van der Waals surface area (Å²) < 4.78 is 16.0. The molecule has 1 aliphatic heterocycles. The van der Waals surface area contributed by atoms with Crippen LogP contribution in [0.4, 0.5) is 0 Å². The van der Waals surface area contributed by atoms with Crippen molar-refractivity contribution < 1.29 is 28.7 Å². The van der Waals surface area contributed by atoms with Crippen LogP contribution in [0.15, 0.2) is 28.8 Å². The number of carbonyl (C=O) groups excluding carboxylic acids is 2. The Morgan fingerprint density at radius 1 is 1.33 bits per heavy atom. The third-order valence-corrected chi connectivity index (χ3v) is 4.95. The van der Waals surface area contributed by atoms with Gasteiger partial charge in [-0.15, -0.1) is 0 Å². The highest BCUT2D eigenvalue weighted by molar-refractivity contribution is 5.96. The van der Waals surface area contributed by atoms with Crippen LogP contribution in [-0.4, -0.2) is 77.9 Å².